The van der Waals surface area contributed by atoms with E-state index >= 15 is 0 Å². The summed E-state index contributed by atoms with van der Waals surface area (Å²) in [5.41, 5.74) is 3.43. The lowest BCUT2D eigenvalue weighted by molar-refractivity contribution is 0.0924. The first-order chi connectivity index (χ1) is 15.1. The summed E-state index contributed by atoms with van der Waals surface area (Å²) in [6.07, 6.45) is 3.95. The minimum atomic E-state index is -0.185. The standard InChI is InChI=1S/C24H17Cl2N3O2/c25-18-6-3-5-17(21(18)26)23-22-14(8-10-27-23)12-15(13-28-22)24(30)29-19-9-11-31-20-7-2-1-4-16(19)20/h1-8,10,12-13,19H,9,11H2,(H,29,30)/t19-/m0/s1. The maximum absolute atomic E-state index is 13.0. The molecule has 1 aliphatic heterocycles. The van der Waals surface area contributed by atoms with Gasteiger partial charge in [-0.25, -0.2) is 0 Å². The molecule has 2 aromatic heterocycles. The summed E-state index contributed by atoms with van der Waals surface area (Å²) in [4.78, 5) is 22.0. The Morgan fingerprint density at radius 2 is 1.94 bits per heavy atom. The Balaban J connectivity index is 1.47. The lowest BCUT2D eigenvalue weighted by Gasteiger charge is -2.26. The molecule has 3 heterocycles. The predicted molar refractivity (Wildman–Crippen MR) is 122 cm³/mol. The van der Waals surface area contributed by atoms with Gasteiger partial charge in [-0.15, -0.1) is 0 Å². The molecule has 4 aromatic rings. The molecule has 1 aliphatic rings. The van der Waals surface area contributed by atoms with Crippen molar-refractivity contribution >= 4 is 40.0 Å². The third-order valence-electron chi connectivity index (χ3n) is 5.33. The zero-order chi connectivity index (χ0) is 21.4. The molecule has 31 heavy (non-hydrogen) atoms. The number of halogens is 2. The Morgan fingerprint density at radius 1 is 1.06 bits per heavy atom. The second-order valence-corrected chi connectivity index (χ2v) is 8.04. The first-order valence-electron chi connectivity index (χ1n) is 9.83. The van der Waals surface area contributed by atoms with Crippen molar-refractivity contribution in [3.8, 4) is 17.0 Å². The van der Waals surface area contributed by atoms with E-state index in [4.69, 9.17) is 27.9 Å². The zero-order valence-corrected chi connectivity index (χ0v) is 17.8. The van der Waals surface area contributed by atoms with Crippen LogP contribution in [0.3, 0.4) is 0 Å². The van der Waals surface area contributed by atoms with Crippen LogP contribution in [0.15, 0.2) is 67.0 Å². The number of hydrogen-bond acceptors (Lipinski definition) is 4. The van der Waals surface area contributed by atoms with Gasteiger partial charge in [0.15, 0.2) is 0 Å². The maximum Gasteiger partial charge on any atom is 0.253 e. The average Bonchev–Trinajstić information content (AvgIpc) is 2.80. The van der Waals surface area contributed by atoms with Gasteiger partial charge in [0.2, 0.25) is 0 Å². The van der Waals surface area contributed by atoms with Crippen molar-refractivity contribution in [2.75, 3.05) is 6.61 Å². The molecule has 0 saturated heterocycles. The molecule has 1 N–H and O–H groups in total. The van der Waals surface area contributed by atoms with E-state index < -0.39 is 0 Å². The third kappa shape index (κ3) is 3.71. The number of rotatable bonds is 3. The molecule has 0 saturated carbocycles. The second kappa shape index (κ2) is 8.17. The summed E-state index contributed by atoms with van der Waals surface area (Å²) in [5, 5.41) is 4.77. The number of pyridine rings is 2. The van der Waals surface area contributed by atoms with Crippen LogP contribution in [0.4, 0.5) is 0 Å². The topological polar surface area (TPSA) is 64.1 Å². The molecule has 5 nitrogen and oxygen atoms in total. The van der Waals surface area contributed by atoms with E-state index in [1.54, 1.807) is 18.5 Å². The number of carbonyl (C=O) groups excluding carboxylic acids is 1. The lowest BCUT2D eigenvalue weighted by Crippen LogP contribution is -2.32. The molecule has 0 unspecified atom stereocenters. The summed E-state index contributed by atoms with van der Waals surface area (Å²) < 4.78 is 5.68. The van der Waals surface area contributed by atoms with Crippen LogP contribution in [-0.4, -0.2) is 22.5 Å². The first kappa shape index (κ1) is 19.8. The van der Waals surface area contributed by atoms with Gasteiger partial charge in [-0.05, 0) is 24.3 Å². The smallest absolute Gasteiger partial charge is 0.253 e. The van der Waals surface area contributed by atoms with E-state index in [0.29, 0.717) is 45.4 Å². The molecule has 7 heteroatoms. The fourth-order valence-electron chi connectivity index (χ4n) is 3.80. The van der Waals surface area contributed by atoms with Crippen molar-refractivity contribution in [3.63, 3.8) is 0 Å². The van der Waals surface area contributed by atoms with Gasteiger partial charge in [0.05, 0.1) is 39.5 Å². The summed E-state index contributed by atoms with van der Waals surface area (Å²) in [6, 6.07) is 16.7. The Kier molecular flexibility index (Phi) is 5.22. The van der Waals surface area contributed by atoms with Gasteiger partial charge in [-0.3, -0.25) is 14.8 Å². The number of fused-ring (bicyclic) bond motifs is 2. The van der Waals surface area contributed by atoms with Crippen molar-refractivity contribution in [1.82, 2.24) is 15.3 Å². The van der Waals surface area contributed by atoms with Crippen LogP contribution in [0.5, 0.6) is 5.75 Å². The van der Waals surface area contributed by atoms with Crippen LogP contribution >= 0.6 is 23.2 Å². The molecule has 154 valence electrons. The van der Waals surface area contributed by atoms with E-state index in [1.807, 2.05) is 48.5 Å². The SMILES string of the molecule is O=C(N[C@H]1CCOc2ccccc21)c1cnc2c(-c3cccc(Cl)c3Cl)nccc2c1. The molecule has 1 atom stereocenters. The van der Waals surface area contributed by atoms with Crippen molar-refractivity contribution < 1.29 is 9.53 Å². The van der Waals surface area contributed by atoms with E-state index in [-0.39, 0.29) is 11.9 Å². The van der Waals surface area contributed by atoms with Crippen LogP contribution in [0.1, 0.15) is 28.4 Å². The number of aromatic nitrogens is 2. The average molecular weight is 450 g/mol. The number of nitrogens with zero attached hydrogens (tertiary/aromatic N) is 2. The molecular weight excluding hydrogens is 433 g/mol. The second-order valence-electron chi connectivity index (χ2n) is 7.26. The van der Waals surface area contributed by atoms with E-state index in [1.165, 1.54) is 0 Å². The first-order valence-corrected chi connectivity index (χ1v) is 10.6. The van der Waals surface area contributed by atoms with Crippen molar-refractivity contribution in [2.24, 2.45) is 0 Å². The molecule has 0 bridgehead atoms. The molecule has 5 rings (SSSR count). The summed E-state index contributed by atoms with van der Waals surface area (Å²) in [5.74, 6) is 0.625. The highest BCUT2D eigenvalue weighted by molar-refractivity contribution is 6.43. The number of amides is 1. The van der Waals surface area contributed by atoms with E-state index in [0.717, 1.165) is 16.7 Å². The number of benzene rings is 2. The molecule has 0 fully saturated rings. The minimum absolute atomic E-state index is 0.105. The highest BCUT2D eigenvalue weighted by Crippen LogP contribution is 2.35. The number of nitrogens with one attached hydrogen (secondary N) is 1. The largest absolute Gasteiger partial charge is 0.493 e. The Labute approximate surface area is 189 Å². The van der Waals surface area contributed by atoms with Crippen LogP contribution < -0.4 is 10.1 Å². The third-order valence-corrected chi connectivity index (χ3v) is 6.15. The Morgan fingerprint density at radius 3 is 2.84 bits per heavy atom. The molecule has 2 aromatic carbocycles. The van der Waals surface area contributed by atoms with Crippen molar-refractivity contribution in [1.29, 1.82) is 0 Å². The van der Waals surface area contributed by atoms with Gasteiger partial charge in [0.1, 0.15) is 5.75 Å². The van der Waals surface area contributed by atoms with Crippen molar-refractivity contribution in [2.45, 2.75) is 12.5 Å². The normalized spacial score (nSPS) is 15.2. The summed E-state index contributed by atoms with van der Waals surface area (Å²) in [6.45, 7) is 0.563. The van der Waals surface area contributed by atoms with Gasteiger partial charge in [0, 0.05) is 35.3 Å². The summed E-state index contributed by atoms with van der Waals surface area (Å²) >= 11 is 12.6. The van der Waals surface area contributed by atoms with Gasteiger partial charge < -0.3 is 10.1 Å². The molecular formula is C24H17Cl2N3O2. The van der Waals surface area contributed by atoms with E-state index in [9.17, 15) is 4.79 Å². The quantitative estimate of drug-likeness (QED) is 0.425. The van der Waals surface area contributed by atoms with Crippen LogP contribution in [-0.2, 0) is 0 Å². The molecule has 0 spiro atoms. The van der Waals surface area contributed by atoms with Crippen LogP contribution in [0.2, 0.25) is 10.0 Å². The number of para-hydroxylation sites is 1. The Hall–Kier alpha value is -3.15. The van der Waals surface area contributed by atoms with Crippen LogP contribution in [0, 0.1) is 0 Å². The minimum Gasteiger partial charge on any atom is -0.493 e. The maximum atomic E-state index is 13.0. The predicted octanol–water partition coefficient (Wildman–Crippen LogP) is 5.86. The lowest BCUT2D eigenvalue weighted by atomic mass is 10.00. The highest BCUT2D eigenvalue weighted by Gasteiger charge is 2.23. The van der Waals surface area contributed by atoms with Crippen LogP contribution in [0.25, 0.3) is 22.2 Å². The van der Waals surface area contributed by atoms with E-state index in [2.05, 4.69) is 15.3 Å². The summed E-state index contributed by atoms with van der Waals surface area (Å²) in [7, 11) is 0. The fraction of sp³-hybridized carbons (Fsp3) is 0.125. The van der Waals surface area contributed by atoms with Gasteiger partial charge in [-0.1, -0.05) is 53.5 Å². The fourth-order valence-corrected chi connectivity index (χ4v) is 4.19. The molecule has 0 radical (unpaired) electrons. The zero-order valence-electron chi connectivity index (χ0n) is 16.3. The number of ether oxygens (including phenoxy) is 1. The number of hydrogen-bond donors (Lipinski definition) is 1. The van der Waals surface area contributed by atoms with Gasteiger partial charge in [-0.2, -0.15) is 0 Å². The Bertz CT molecular complexity index is 1310. The van der Waals surface area contributed by atoms with Gasteiger partial charge in [0.25, 0.3) is 5.91 Å². The monoisotopic (exact) mass is 449 g/mol. The highest BCUT2D eigenvalue weighted by atomic mass is 35.5. The molecule has 0 aliphatic carbocycles. The van der Waals surface area contributed by atoms with Crippen molar-refractivity contribution in [3.05, 3.63) is 88.2 Å². The van der Waals surface area contributed by atoms with Gasteiger partial charge >= 0.3 is 0 Å². The number of carbonyl (C=O) groups is 1. The molecule has 1 amide bonds.